The van der Waals surface area contributed by atoms with Gasteiger partial charge >= 0.3 is 5.97 Å². The summed E-state index contributed by atoms with van der Waals surface area (Å²) in [7, 11) is 1.70. The molecule has 0 saturated heterocycles. The highest BCUT2D eigenvalue weighted by Crippen LogP contribution is 2.16. The van der Waals surface area contributed by atoms with Crippen molar-refractivity contribution in [2.75, 3.05) is 11.9 Å². The van der Waals surface area contributed by atoms with Crippen molar-refractivity contribution in [2.45, 2.75) is 13.5 Å². The maximum absolute atomic E-state index is 12.0. The average molecular weight is 291 g/mol. The number of hydrogen-bond donors (Lipinski definition) is 2. The molecule has 21 heavy (non-hydrogen) atoms. The third kappa shape index (κ3) is 3.32. The average Bonchev–Trinajstić information content (AvgIpc) is 3.05. The second-order valence-corrected chi connectivity index (χ2v) is 4.41. The number of nitrogens with zero attached hydrogens (tertiary/aromatic N) is 1. The first-order valence-electron chi connectivity index (χ1n) is 6.47. The molecular formula is C14H17N3O4. The van der Waals surface area contributed by atoms with Crippen LogP contribution >= 0.6 is 0 Å². The van der Waals surface area contributed by atoms with E-state index >= 15 is 0 Å². The highest BCUT2D eigenvalue weighted by atomic mass is 16.5. The van der Waals surface area contributed by atoms with Crippen LogP contribution in [0.15, 0.2) is 29.0 Å². The molecule has 0 aliphatic rings. The molecule has 0 spiro atoms. The van der Waals surface area contributed by atoms with Crippen molar-refractivity contribution < 1.29 is 18.7 Å². The van der Waals surface area contributed by atoms with Crippen molar-refractivity contribution in [1.29, 1.82) is 0 Å². The Hall–Kier alpha value is -2.54. The molecule has 3 N–H and O–H groups in total. The van der Waals surface area contributed by atoms with Crippen LogP contribution in [-0.4, -0.2) is 23.1 Å². The molecule has 7 heteroatoms. The Morgan fingerprint density at radius 1 is 1.43 bits per heavy atom. The van der Waals surface area contributed by atoms with Crippen LogP contribution in [-0.2, 0) is 18.3 Å². The lowest BCUT2D eigenvalue weighted by Gasteiger charge is -2.01. The zero-order valence-electron chi connectivity index (χ0n) is 11.9. The van der Waals surface area contributed by atoms with Crippen molar-refractivity contribution in [3.05, 3.63) is 41.6 Å². The number of amides is 1. The number of furan rings is 1. The third-order valence-electron chi connectivity index (χ3n) is 2.86. The van der Waals surface area contributed by atoms with Gasteiger partial charge in [0.1, 0.15) is 17.7 Å². The molecule has 2 rings (SSSR count). The zero-order valence-corrected chi connectivity index (χ0v) is 11.9. The molecule has 0 aliphatic carbocycles. The van der Waals surface area contributed by atoms with Gasteiger partial charge < -0.3 is 24.8 Å². The van der Waals surface area contributed by atoms with Gasteiger partial charge in [-0.15, -0.1) is 0 Å². The van der Waals surface area contributed by atoms with E-state index in [1.807, 2.05) is 0 Å². The van der Waals surface area contributed by atoms with E-state index in [1.54, 1.807) is 36.9 Å². The van der Waals surface area contributed by atoms with Crippen LogP contribution in [0.2, 0.25) is 0 Å². The second-order valence-electron chi connectivity index (χ2n) is 4.41. The highest BCUT2D eigenvalue weighted by molar-refractivity contribution is 6.04. The van der Waals surface area contributed by atoms with E-state index in [2.05, 4.69) is 5.32 Å². The van der Waals surface area contributed by atoms with Gasteiger partial charge in [-0.25, -0.2) is 4.79 Å². The Morgan fingerprint density at radius 2 is 2.19 bits per heavy atom. The highest BCUT2D eigenvalue weighted by Gasteiger charge is 2.15. The number of nitrogens with two attached hydrogens (primary N) is 1. The molecule has 0 radical (unpaired) electrons. The molecule has 0 aliphatic heterocycles. The SMILES string of the molecule is CCOC(=O)c1cc(NC(=O)c2coc(CN)c2)cn1C. The van der Waals surface area contributed by atoms with Crippen LogP contribution in [0.25, 0.3) is 0 Å². The normalized spacial score (nSPS) is 10.4. The topological polar surface area (TPSA) is 99.5 Å². The van der Waals surface area contributed by atoms with E-state index in [0.29, 0.717) is 29.3 Å². The summed E-state index contributed by atoms with van der Waals surface area (Å²) >= 11 is 0. The molecule has 1 amide bonds. The maximum Gasteiger partial charge on any atom is 0.355 e. The number of rotatable bonds is 5. The monoisotopic (exact) mass is 291 g/mol. The minimum atomic E-state index is -0.436. The van der Waals surface area contributed by atoms with Gasteiger partial charge in [0.25, 0.3) is 5.91 Å². The van der Waals surface area contributed by atoms with E-state index in [-0.39, 0.29) is 12.5 Å². The van der Waals surface area contributed by atoms with Crippen molar-refractivity contribution in [3.63, 3.8) is 0 Å². The molecule has 2 aromatic heterocycles. The summed E-state index contributed by atoms with van der Waals surface area (Å²) in [6, 6.07) is 3.13. The summed E-state index contributed by atoms with van der Waals surface area (Å²) in [5, 5.41) is 2.69. The third-order valence-corrected chi connectivity index (χ3v) is 2.86. The number of anilines is 1. The maximum atomic E-state index is 12.0. The largest absolute Gasteiger partial charge is 0.467 e. The van der Waals surface area contributed by atoms with Crippen molar-refractivity contribution in [2.24, 2.45) is 12.8 Å². The number of aromatic nitrogens is 1. The van der Waals surface area contributed by atoms with Crippen LogP contribution in [0.5, 0.6) is 0 Å². The van der Waals surface area contributed by atoms with Gasteiger partial charge in [-0.1, -0.05) is 0 Å². The molecule has 112 valence electrons. The Morgan fingerprint density at radius 3 is 2.81 bits per heavy atom. The van der Waals surface area contributed by atoms with Crippen LogP contribution in [0.1, 0.15) is 33.5 Å². The predicted octanol–water partition coefficient (Wildman–Crippen LogP) is 1.51. The Balaban J connectivity index is 2.11. The molecule has 2 heterocycles. The van der Waals surface area contributed by atoms with Crippen molar-refractivity contribution in [3.8, 4) is 0 Å². The number of carbonyl (C=O) groups excluding carboxylic acids is 2. The molecular weight excluding hydrogens is 274 g/mol. The first kappa shape index (κ1) is 14.9. The number of hydrogen-bond acceptors (Lipinski definition) is 5. The number of aryl methyl sites for hydroxylation is 1. The van der Waals surface area contributed by atoms with Crippen LogP contribution in [0, 0.1) is 0 Å². The zero-order chi connectivity index (χ0) is 15.4. The number of carbonyl (C=O) groups is 2. The van der Waals surface area contributed by atoms with Crippen LogP contribution < -0.4 is 11.1 Å². The number of nitrogens with one attached hydrogen (secondary N) is 1. The Kier molecular flexibility index (Phi) is 4.44. The number of ether oxygens (including phenoxy) is 1. The molecule has 0 saturated carbocycles. The second kappa shape index (κ2) is 6.27. The summed E-state index contributed by atoms with van der Waals surface area (Å²) in [5.74, 6) is -0.242. The van der Waals surface area contributed by atoms with E-state index in [9.17, 15) is 9.59 Å². The van der Waals surface area contributed by atoms with Crippen LogP contribution in [0.3, 0.4) is 0 Å². The van der Waals surface area contributed by atoms with Gasteiger partial charge in [-0.2, -0.15) is 0 Å². The number of esters is 1. The quantitative estimate of drug-likeness (QED) is 0.813. The Labute approximate surface area is 121 Å². The summed E-state index contributed by atoms with van der Waals surface area (Å²) in [6.45, 7) is 2.26. The van der Waals surface area contributed by atoms with Gasteiger partial charge in [0.15, 0.2) is 0 Å². The standard InChI is InChI=1S/C14H17N3O4/c1-3-20-14(19)12-5-10(7-17(12)2)16-13(18)9-4-11(6-15)21-8-9/h4-5,7-8H,3,6,15H2,1-2H3,(H,16,18). The first-order chi connectivity index (χ1) is 10.0. The minimum Gasteiger partial charge on any atom is -0.467 e. The molecule has 2 aromatic rings. The molecule has 0 unspecified atom stereocenters. The summed E-state index contributed by atoms with van der Waals surface area (Å²) in [5.41, 5.74) is 6.66. The van der Waals surface area contributed by atoms with Gasteiger partial charge in [-0.05, 0) is 19.1 Å². The smallest absolute Gasteiger partial charge is 0.355 e. The fraction of sp³-hybridized carbons (Fsp3) is 0.286. The van der Waals surface area contributed by atoms with E-state index < -0.39 is 5.97 Å². The Bertz CT molecular complexity index is 657. The minimum absolute atomic E-state index is 0.228. The van der Waals surface area contributed by atoms with Gasteiger partial charge in [0.05, 0.1) is 24.4 Å². The van der Waals surface area contributed by atoms with E-state index in [4.69, 9.17) is 14.9 Å². The van der Waals surface area contributed by atoms with Crippen molar-refractivity contribution in [1.82, 2.24) is 4.57 Å². The van der Waals surface area contributed by atoms with E-state index in [0.717, 1.165) is 0 Å². The lowest BCUT2D eigenvalue weighted by Crippen LogP contribution is -2.10. The van der Waals surface area contributed by atoms with Gasteiger partial charge in [0, 0.05) is 13.2 Å². The molecule has 0 atom stereocenters. The van der Waals surface area contributed by atoms with Crippen molar-refractivity contribution >= 4 is 17.6 Å². The molecule has 0 aromatic carbocycles. The van der Waals surface area contributed by atoms with Gasteiger partial charge in [-0.3, -0.25) is 4.79 Å². The lowest BCUT2D eigenvalue weighted by molar-refractivity contribution is 0.0515. The van der Waals surface area contributed by atoms with Gasteiger partial charge in [0.2, 0.25) is 0 Å². The fourth-order valence-electron chi connectivity index (χ4n) is 1.85. The van der Waals surface area contributed by atoms with Crippen LogP contribution in [0.4, 0.5) is 5.69 Å². The summed E-state index contributed by atoms with van der Waals surface area (Å²) < 4.78 is 11.6. The van der Waals surface area contributed by atoms with E-state index in [1.165, 1.54) is 6.26 Å². The summed E-state index contributed by atoms with van der Waals surface area (Å²) in [6.07, 6.45) is 2.97. The lowest BCUT2D eigenvalue weighted by atomic mass is 10.3. The molecule has 0 bridgehead atoms. The molecule has 7 nitrogen and oxygen atoms in total. The first-order valence-corrected chi connectivity index (χ1v) is 6.47. The predicted molar refractivity (Wildman–Crippen MR) is 75.9 cm³/mol. The summed E-state index contributed by atoms with van der Waals surface area (Å²) in [4.78, 5) is 23.7. The fourth-order valence-corrected chi connectivity index (χ4v) is 1.85. The molecule has 0 fully saturated rings.